The average Bonchev–Trinajstić information content (AvgIpc) is 3.27. The predicted molar refractivity (Wildman–Crippen MR) is 95.7 cm³/mol. The van der Waals surface area contributed by atoms with Gasteiger partial charge in [0, 0.05) is 24.1 Å². The van der Waals surface area contributed by atoms with E-state index in [1.165, 1.54) is 23.5 Å². The maximum atomic E-state index is 12.3. The zero-order chi connectivity index (χ0) is 18.7. The Morgan fingerprint density at radius 3 is 2.27 bits per heavy atom. The maximum absolute atomic E-state index is 12.3. The second kappa shape index (κ2) is 7.18. The molecule has 0 radical (unpaired) electrons. The van der Waals surface area contributed by atoms with E-state index >= 15 is 0 Å². The smallest absolute Gasteiger partial charge is 0.259 e. The van der Waals surface area contributed by atoms with Crippen LogP contribution < -0.4 is 10.6 Å². The molecule has 2 aromatic heterocycles. The number of nitrogens with zero attached hydrogens (tertiary/aromatic N) is 5. The normalized spacial score (nSPS) is 11.8. The van der Waals surface area contributed by atoms with Crippen LogP contribution in [-0.4, -0.2) is 36.4 Å². The van der Waals surface area contributed by atoms with Crippen molar-refractivity contribution in [3.63, 3.8) is 0 Å². The van der Waals surface area contributed by atoms with Gasteiger partial charge in [-0.05, 0) is 38.1 Å². The summed E-state index contributed by atoms with van der Waals surface area (Å²) in [5.41, 5.74) is 2.55. The van der Waals surface area contributed by atoms with Gasteiger partial charge in [0.25, 0.3) is 5.91 Å². The number of hydrogen-bond acceptors (Lipinski definition) is 5. The Hall–Kier alpha value is -3.49. The zero-order valence-corrected chi connectivity index (χ0v) is 14.7. The monoisotopic (exact) mass is 353 g/mol. The molecule has 1 atom stereocenters. The minimum absolute atomic E-state index is 0.210. The van der Waals surface area contributed by atoms with Crippen molar-refractivity contribution in [2.24, 2.45) is 7.05 Å². The number of hydrogen-bond donors (Lipinski definition) is 2. The summed E-state index contributed by atoms with van der Waals surface area (Å²) in [5, 5.41) is 13.6. The van der Waals surface area contributed by atoms with E-state index in [1.54, 1.807) is 42.9 Å². The highest BCUT2D eigenvalue weighted by atomic mass is 16.2. The summed E-state index contributed by atoms with van der Waals surface area (Å²) in [4.78, 5) is 28.3. The van der Waals surface area contributed by atoms with Crippen molar-refractivity contribution in [1.29, 1.82) is 0 Å². The van der Waals surface area contributed by atoms with E-state index in [2.05, 4.69) is 25.8 Å². The van der Waals surface area contributed by atoms with Gasteiger partial charge in [-0.15, -0.1) is 0 Å². The molecule has 1 unspecified atom stereocenters. The first kappa shape index (κ1) is 17.3. The summed E-state index contributed by atoms with van der Waals surface area (Å²) >= 11 is 0. The van der Waals surface area contributed by atoms with Crippen LogP contribution in [0.1, 0.15) is 29.0 Å². The lowest BCUT2D eigenvalue weighted by Crippen LogP contribution is -2.24. The second-order valence-electron chi connectivity index (χ2n) is 5.84. The van der Waals surface area contributed by atoms with E-state index in [-0.39, 0.29) is 11.8 Å². The highest BCUT2D eigenvalue weighted by molar-refractivity contribution is 6.05. The second-order valence-corrected chi connectivity index (χ2v) is 5.84. The summed E-state index contributed by atoms with van der Waals surface area (Å²) in [7, 11) is 1.78. The van der Waals surface area contributed by atoms with Gasteiger partial charge in [0.2, 0.25) is 5.91 Å². The number of aryl methyl sites for hydroxylation is 1. The fourth-order valence-corrected chi connectivity index (χ4v) is 2.34. The van der Waals surface area contributed by atoms with E-state index in [0.717, 1.165) is 5.69 Å². The van der Waals surface area contributed by atoms with Gasteiger partial charge in [0.05, 0.1) is 11.8 Å². The summed E-state index contributed by atoms with van der Waals surface area (Å²) in [6.07, 6.45) is 4.40. The highest BCUT2D eigenvalue weighted by Crippen LogP contribution is 2.17. The van der Waals surface area contributed by atoms with Crippen LogP contribution in [0.5, 0.6) is 0 Å². The molecule has 9 nitrogen and oxygen atoms in total. The molecule has 26 heavy (non-hydrogen) atoms. The van der Waals surface area contributed by atoms with E-state index in [4.69, 9.17) is 0 Å². The molecule has 0 fully saturated rings. The van der Waals surface area contributed by atoms with Crippen molar-refractivity contribution in [2.75, 3.05) is 10.6 Å². The Balaban J connectivity index is 1.62. The van der Waals surface area contributed by atoms with Crippen molar-refractivity contribution in [1.82, 2.24) is 24.5 Å². The zero-order valence-electron chi connectivity index (χ0n) is 14.7. The van der Waals surface area contributed by atoms with Gasteiger partial charge in [-0.25, -0.2) is 9.67 Å². The third-order valence-electron chi connectivity index (χ3n) is 4.10. The van der Waals surface area contributed by atoms with Gasteiger partial charge in [0.15, 0.2) is 0 Å². The highest BCUT2D eigenvalue weighted by Gasteiger charge is 2.16. The Morgan fingerprint density at radius 2 is 1.73 bits per heavy atom. The molecule has 1 aromatic carbocycles. The van der Waals surface area contributed by atoms with Crippen LogP contribution in [0, 0.1) is 6.92 Å². The summed E-state index contributed by atoms with van der Waals surface area (Å²) < 4.78 is 3.12. The topological polar surface area (TPSA) is 107 Å². The van der Waals surface area contributed by atoms with Gasteiger partial charge < -0.3 is 10.6 Å². The first-order valence-electron chi connectivity index (χ1n) is 8.00. The predicted octanol–water partition coefficient (Wildman–Crippen LogP) is 1.77. The van der Waals surface area contributed by atoms with Crippen molar-refractivity contribution in [2.45, 2.75) is 19.9 Å². The quantitative estimate of drug-likeness (QED) is 0.727. The molecule has 0 saturated heterocycles. The number of anilines is 2. The lowest BCUT2D eigenvalue weighted by Gasteiger charge is -2.12. The Morgan fingerprint density at radius 1 is 1.08 bits per heavy atom. The number of rotatable bonds is 5. The van der Waals surface area contributed by atoms with Gasteiger partial charge in [0.1, 0.15) is 18.7 Å². The van der Waals surface area contributed by atoms with Gasteiger partial charge in [-0.1, -0.05) is 0 Å². The number of benzene rings is 1. The molecule has 0 spiro atoms. The molecule has 134 valence electrons. The fourth-order valence-electron chi connectivity index (χ4n) is 2.34. The molecular formula is C17H19N7O2. The Labute approximate surface area is 150 Å². The van der Waals surface area contributed by atoms with Gasteiger partial charge >= 0.3 is 0 Å². The maximum Gasteiger partial charge on any atom is 0.259 e. The molecule has 0 bridgehead atoms. The lowest BCUT2D eigenvalue weighted by molar-refractivity contribution is -0.119. The van der Waals surface area contributed by atoms with Crippen LogP contribution >= 0.6 is 0 Å². The molecule has 0 aliphatic rings. The number of carbonyl (C=O) groups is 2. The fraction of sp³-hybridized carbons (Fsp3) is 0.235. The average molecular weight is 353 g/mol. The summed E-state index contributed by atoms with van der Waals surface area (Å²) in [6, 6.07) is 6.40. The number of aromatic nitrogens is 5. The number of amides is 2. The van der Waals surface area contributed by atoms with E-state index in [1.807, 2.05) is 6.92 Å². The third-order valence-corrected chi connectivity index (χ3v) is 4.10. The molecule has 0 aliphatic heterocycles. The van der Waals surface area contributed by atoms with Crippen LogP contribution in [0.3, 0.4) is 0 Å². The summed E-state index contributed by atoms with van der Waals surface area (Å²) in [6.45, 7) is 3.56. The first-order valence-corrected chi connectivity index (χ1v) is 8.00. The van der Waals surface area contributed by atoms with E-state index < -0.39 is 6.04 Å². The van der Waals surface area contributed by atoms with Gasteiger partial charge in [-0.3, -0.25) is 14.3 Å². The van der Waals surface area contributed by atoms with E-state index in [9.17, 15) is 9.59 Å². The van der Waals surface area contributed by atoms with Crippen molar-refractivity contribution >= 4 is 23.2 Å². The molecule has 0 aliphatic carbocycles. The van der Waals surface area contributed by atoms with Crippen LogP contribution in [0.4, 0.5) is 11.4 Å². The first-order chi connectivity index (χ1) is 12.5. The molecule has 2 amide bonds. The SMILES string of the molecule is Cc1c(C(=O)Nc2ccc(NC(=O)C(C)n3cncn3)cc2)cnn1C. The standard InChI is InChI=1S/C17H19N7O2/c1-11-15(8-19-23(11)3)17(26)22-14-6-4-13(5-7-14)21-16(25)12(2)24-10-18-9-20-24/h4-10,12H,1-3H3,(H,21,25)(H,22,26). The van der Waals surface area contributed by atoms with Crippen LogP contribution in [0.2, 0.25) is 0 Å². The van der Waals surface area contributed by atoms with Crippen molar-refractivity contribution in [3.8, 4) is 0 Å². The number of nitrogens with one attached hydrogen (secondary N) is 2. The van der Waals surface area contributed by atoms with Crippen LogP contribution in [0.25, 0.3) is 0 Å². The Bertz CT molecular complexity index is 913. The van der Waals surface area contributed by atoms with Gasteiger partial charge in [-0.2, -0.15) is 10.2 Å². The third kappa shape index (κ3) is 3.61. The lowest BCUT2D eigenvalue weighted by atomic mass is 10.2. The van der Waals surface area contributed by atoms with Crippen molar-refractivity contribution < 1.29 is 9.59 Å². The largest absolute Gasteiger partial charge is 0.324 e. The molecule has 0 saturated carbocycles. The number of carbonyl (C=O) groups excluding carboxylic acids is 2. The molecule has 3 rings (SSSR count). The van der Waals surface area contributed by atoms with Crippen LogP contribution in [0.15, 0.2) is 43.1 Å². The minimum Gasteiger partial charge on any atom is -0.324 e. The molecule has 2 heterocycles. The molecule has 3 aromatic rings. The molecule has 9 heteroatoms. The molecule has 2 N–H and O–H groups in total. The van der Waals surface area contributed by atoms with E-state index in [0.29, 0.717) is 16.9 Å². The van der Waals surface area contributed by atoms with Crippen LogP contribution in [-0.2, 0) is 11.8 Å². The molecular weight excluding hydrogens is 334 g/mol. The minimum atomic E-state index is -0.481. The van der Waals surface area contributed by atoms with Crippen molar-refractivity contribution in [3.05, 3.63) is 54.4 Å². The Kier molecular flexibility index (Phi) is 4.78. The summed E-state index contributed by atoms with van der Waals surface area (Å²) in [5.74, 6) is -0.439.